The number of ether oxygens (including phenoxy) is 1. The summed E-state index contributed by atoms with van der Waals surface area (Å²) in [6.07, 6.45) is 4.80. The van der Waals surface area contributed by atoms with E-state index in [1.165, 1.54) is 17.4 Å². The van der Waals surface area contributed by atoms with Crippen LogP contribution in [0.4, 0.5) is 17.6 Å². The number of alkyl halides is 3. The minimum atomic E-state index is -4.63. The third kappa shape index (κ3) is 4.41. The van der Waals surface area contributed by atoms with Crippen LogP contribution in [-0.4, -0.2) is 31.3 Å². The summed E-state index contributed by atoms with van der Waals surface area (Å²) in [7, 11) is 0. The van der Waals surface area contributed by atoms with Crippen LogP contribution in [0.25, 0.3) is 21.6 Å². The molecule has 2 aliphatic carbocycles. The van der Waals surface area contributed by atoms with Crippen molar-refractivity contribution in [1.29, 1.82) is 0 Å². The summed E-state index contributed by atoms with van der Waals surface area (Å²) in [5, 5.41) is 5.40. The van der Waals surface area contributed by atoms with Crippen molar-refractivity contribution >= 4 is 21.7 Å². The van der Waals surface area contributed by atoms with Gasteiger partial charge in [-0.25, -0.2) is 19.3 Å². The van der Waals surface area contributed by atoms with E-state index in [0.717, 1.165) is 42.3 Å². The Morgan fingerprint density at radius 1 is 1.00 bits per heavy atom. The second-order valence-corrected chi connectivity index (χ2v) is 11.2. The van der Waals surface area contributed by atoms with E-state index in [-0.39, 0.29) is 17.6 Å². The van der Waals surface area contributed by atoms with Crippen LogP contribution < -0.4 is 0 Å². The molecule has 192 valence electrons. The number of hydrogen-bond acceptors (Lipinski definition) is 6. The fourth-order valence-electron chi connectivity index (χ4n) is 4.93. The zero-order chi connectivity index (χ0) is 25.3. The van der Waals surface area contributed by atoms with Crippen LogP contribution in [0.5, 0.6) is 0 Å². The van der Waals surface area contributed by atoms with Gasteiger partial charge < -0.3 is 4.74 Å². The standard InChI is InChI=1S/C26H23F4N5OS/c27-19-10-16(26(28,29)30)3-6-18(19)21-22-24(34-25(37-22)13-1-2-13)33-23(32-21)14-7-8-36-20(9-14)15-11-31-35(12-15)17-4-5-17/h3,6,10-14,17,20H,1-2,4-5,7-9H2/t14-,20-/m0/s1. The van der Waals surface area contributed by atoms with E-state index in [1.807, 2.05) is 17.1 Å². The van der Waals surface area contributed by atoms with Crippen LogP contribution in [0.1, 0.15) is 84.5 Å². The van der Waals surface area contributed by atoms with Gasteiger partial charge in [-0.1, -0.05) is 0 Å². The van der Waals surface area contributed by atoms with Gasteiger partial charge in [0.05, 0.1) is 34.6 Å². The third-order valence-corrected chi connectivity index (χ3v) is 8.54. The lowest BCUT2D eigenvalue weighted by atomic mass is 9.92. The number of aromatic nitrogens is 5. The molecule has 4 aromatic rings. The molecule has 37 heavy (non-hydrogen) atoms. The molecule has 0 bridgehead atoms. The summed E-state index contributed by atoms with van der Waals surface area (Å²) in [5.41, 5.74) is 0.801. The van der Waals surface area contributed by atoms with Crippen molar-refractivity contribution in [1.82, 2.24) is 24.7 Å². The predicted octanol–water partition coefficient (Wildman–Crippen LogP) is 6.96. The van der Waals surface area contributed by atoms with Gasteiger partial charge in [0.25, 0.3) is 0 Å². The van der Waals surface area contributed by atoms with Crippen molar-refractivity contribution in [2.45, 2.75) is 68.7 Å². The molecule has 1 aliphatic heterocycles. The normalized spacial score (nSPS) is 22.6. The molecule has 1 aromatic carbocycles. The monoisotopic (exact) mass is 529 g/mol. The number of halogens is 4. The molecule has 0 amide bonds. The molecule has 0 N–H and O–H groups in total. The molecule has 6 nitrogen and oxygen atoms in total. The Balaban J connectivity index is 1.27. The Labute approximate surface area is 213 Å². The van der Waals surface area contributed by atoms with E-state index >= 15 is 4.39 Å². The van der Waals surface area contributed by atoms with E-state index in [1.54, 1.807) is 0 Å². The largest absolute Gasteiger partial charge is 0.416 e. The van der Waals surface area contributed by atoms with Crippen LogP contribution >= 0.6 is 11.3 Å². The summed E-state index contributed by atoms with van der Waals surface area (Å²) < 4.78 is 63.3. The number of fused-ring (bicyclic) bond motifs is 1. The first-order valence-corrected chi connectivity index (χ1v) is 13.4. The second-order valence-electron chi connectivity index (χ2n) is 10.2. The Bertz CT molecular complexity index is 1490. The fraction of sp³-hybridized carbons (Fsp3) is 0.462. The molecule has 4 heterocycles. The van der Waals surface area contributed by atoms with Crippen molar-refractivity contribution in [3.05, 3.63) is 58.4 Å². The maximum absolute atomic E-state index is 15.1. The quantitative estimate of drug-likeness (QED) is 0.262. The zero-order valence-electron chi connectivity index (χ0n) is 19.7. The molecule has 7 rings (SSSR count). The highest BCUT2D eigenvalue weighted by Gasteiger charge is 2.34. The molecule has 1 saturated heterocycles. The van der Waals surface area contributed by atoms with Gasteiger partial charge in [0.15, 0.2) is 5.65 Å². The van der Waals surface area contributed by atoms with Crippen LogP contribution in [0.2, 0.25) is 0 Å². The topological polar surface area (TPSA) is 65.7 Å². The molecular formula is C26H23F4N5OS. The molecule has 3 fully saturated rings. The minimum Gasteiger partial charge on any atom is -0.373 e. The van der Waals surface area contributed by atoms with Crippen LogP contribution in [0.3, 0.4) is 0 Å². The average Bonchev–Trinajstić information content (AvgIpc) is 3.82. The van der Waals surface area contributed by atoms with Gasteiger partial charge in [0.1, 0.15) is 16.3 Å². The van der Waals surface area contributed by atoms with E-state index in [0.29, 0.717) is 59.3 Å². The van der Waals surface area contributed by atoms with Crippen molar-refractivity contribution in [3.8, 4) is 11.3 Å². The van der Waals surface area contributed by atoms with Crippen LogP contribution in [-0.2, 0) is 10.9 Å². The van der Waals surface area contributed by atoms with Gasteiger partial charge >= 0.3 is 6.18 Å². The summed E-state index contributed by atoms with van der Waals surface area (Å²) in [5.74, 6) is -0.130. The lowest BCUT2D eigenvalue weighted by Gasteiger charge is -2.28. The molecule has 0 radical (unpaired) electrons. The predicted molar refractivity (Wildman–Crippen MR) is 129 cm³/mol. The highest BCUT2D eigenvalue weighted by molar-refractivity contribution is 7.19. The minimum absolute atomic E-state index is 0.0296. The Morgan fingerprint density at radius 2 is 1.84 bits per heavy atom. The summed E-state index contributed by atoms with van der Waals surface area (Å²) in [4.78, 5) is 14.3. The smallest absolute Gasteiger partial charge is 0.373 e. The number of hydrogen-bond donors (Lipinski definition) is 0. The lowest BCUT2D eigenvalue weighted by molar-refractivity contribution is -0.137. The molecular weight excluding hydrogens is 506 g/mol. The first kappa shape index (κ1) is 23.2. The summed E-state index contributed by atoms with van der Waals surface area (Å²) in [6, 6.07) is 3.08. The number of benzene rings is 1. The fourth-order valence-corrected chi connectivity index (χ4v) is 6.11. The number of nitrogens with zero attached hydrogens (tertiary/aromatic N) is 5. The van der Waals surface area contributed by atoms with Gasteiger partial charge in [-0.3, -0.25) is 4.68 Å². The van der Waals surface area contributed by atoms with E-state index < -0.39 is 17.6 Å². The maximum Gasteiger partial charge on any atom is 0.416 e. The van der Waals surface area contributed by atoms with Crippen LogP contribution in [0, 0.1) is 5.82 Å². The molecule has 2 atom stereocenters. The highest BCUT2D eigenvalue weighted by Crippen LogP contribution is 2.46. The van der Waals surface area contributed by atoms with E-state index in [9.17, 15) is 13.2 Å². The number of rotatable bonds is 5. The molecule has 0 spiro atoms. The van der Waals surface area contributed by atoms with E-state index in [2.05, 4.69) is 5.10 Å². The average molecular weight is 530 g/mol. The summed E-state index contributed by atoms with van der Waals surface area (Å²) in [6.45, 7) is 0.514. The molecule has 3 aliphatic rings. The lowest BCUT2D eigenvalue weighted by Crippen LogP contribution is -2.20. The first-order chi connectivity index (χ1) is 17.8. The van der Waals surface area contributed by atoms with E-state index in [4.69, 9.17) is 19.7 Å². The van der Waals surface area contributed by atoms with Crippen molar-refractivity contribution in [2.75, 3.05) is 6.61 Å². The van der Waals surface area contributed by atoms with Gasteiger partial charge in [0, 0.05) is 35.8 Å². The second kappa shape index (κ2) is 8.56. The molecule has 2 saturated carbocycles. The van der Waals surface area contributed by atoms with Crippen molar-refractivity contribution in [3.63, 3.8) is 0 Å². The van der Waals surface area contributed by atoms with Crippen LogP contribution in [0.15, 0.2) is 30.6 Å². The van der Waals surface area contributed by atoms with Crippen molar-refractivity contribution in [2.24, 2.45) is 0 Å². The van der Waals surface area contributed by atoms with Crippen molar-refractivity contribution < 1.29 is 22.3 Å². The maximum atomic E-state index is 15.1. The zero-order valence-corrected chi connectivity index (χ0v) is 20.5. The van der Waals surface area contributed by atoms with Gasteiger partial charge in [-0.2, -0.15) is 18.3 Å². The SMILES string of the molecule is Fc1cc(C(F)(F)F)ccc1-c1nc([C@H]2CCO[C@H](c3cnn(C4CC4)c3)C2)nc2nc(C3CC3)sc12. The molecule has 3 aromatic heterocycles. The first-order valence-electron chi connectivity index (χ1n) is 12.5. The Kier molecular flexibility index (Phi) is 5.37. The Morgan fingerprint density at radius 3 is 2.57 bits per heavy atom. The summed E-state index contributed by atoms with van der Waals surface area (Å²) >= 11 is 1.41. The molecule has 11 heteroatoms. The van der Waals surface area contributed by atoms with Gasteiger partial charge in [-0.15, -0.1) is 11.3 Å². The van der Waals surface area contributed by atoms with Gasteiger partial charge in [0.2, 0.25) is 0 Å². The molecule has 0 unspecified atom stereocenters. The Hall–Kier alpha value is -2.92. The van der Waals surface area contributed by atoms with Gasteiger partial charge in [-0.05, 0) is 56.7 Å². The number of thiazole rings is 1. The third-order valence-electron chi connectivity index (χ3n) is 7.33. The highest BCUT2D eigenvalue weighted by atomic mass is 32.1.